The van der Waals surface area contributed by atoms with Gasteiger partial charge in [0.05, 0.1) is 13.2 Å². The third-order valence-electron chi connectivity index (χ3n) is 4.65. The number of fused-ring (bicyclic) bond motifs is 1. The molecule has 1 heterocycles. The molecule has 0 amide bonds. The van der Waals surface area contributed by atoms with Gasteiger partial charge in [-0.2, -0.15) is 0 Å². The summed E-state index contributed by atoms with van der Waals surface area (Å²) in [5.74, 6) is 0.617. The molecule has 0 radical (unpaired) electrons. The number of carbonyl (C=O) groups excluding carboxylic acids is 1. The Morgan fingerprint density at radius 3 is 2.73 bits per heavy atom. The minimum absolute atomic E-state index is 0.0689. The molecule has 1 spiro atoms. The lowest BCUT2D eigenvalue weighted by molar-refractivity contribution is -0.201. The summed E-state index contributed by atoms with van der Waals surface area (Å²) in [6, 6.07) is 0. The highest BCUT2D eigenvalue weighted by molar-refractivity contribution is 5.87. The van der Waals surface area contributed by atoms with E-state index in [0.717, 1.165) is 45.3 Å². The molecule has 84 valence electrons. The fourth-order valence-corrected chi connectivity index (χ4v) is 3.49. The second-order valence-corrected chi connectivity index (χ2v) is 5.39. The van der Waals surface area contributed by atoms with Crippen LogP contribution >= 0.6 is 0 Å². The summed E-state index contributed by atoms with van der Waals surface area (Å²) in [5, 5.41) is 0. The quantitative estimate of drug-likeness (QED) is 0.612. The van der Waals surface area contributed by atoms with Gasteiger partial charge in [0.2, 0.25) is 0 Å². The van der Waals surface area contributed by atoms with Crippen LogP contribution in [0.5, 0.6) is 0 Å². The second kappa shape index (κ2) is 3.05. The van der Waals surface area contributed by atoms with Gasteiger partial charge in [0, 0.05) is 24.7 Å². The molecule has 0 N–H and O–H groups in total. The molecule has 3 nitrogen and oxygen atoms in total. The van der Waals surface area contributed by atoms with Crippen molar-refractivity contribution in [1.82, 2.24) is 0 Å². The molecule has 0 unspecified atom stereocenters. The maximum atomic E-state index is 11.9. The Hall–Kier alpha value is -0.410. The molecule has 3 fully saturated rings. The average molecular weight is 210 g/mol. The van der Waals surface area contributed by atoms with E-state index in [9.17, 15) is 4.79 Å². The van der Waals surface area contributed by atoms with Gasteiger partial charge in [0.25, 0.3) is 0 Å². The van der Waals surface area contributed by atoms with Gasteiger partial charge in [0.1, 0.15) is 5.78 Å². The third-order valence-corrected chi connectivity index (χ3v) is 4.65. The van der Waals surface area contributed by atoms with Crippen LogP contribution in [0.15, 0.2) is 0 Å². The van der Waals surface area contributed by atoms with E-state index in [1.165, 1.54) is 0 Å². The number of ether oxygens (including phenoxy) is 2. The molecule has 0 aromatic heterocycles. The van der Waals surface area contributed by atoms with E-state index in [-0.39, 0.29) is 11.2 Å². The van der Waals surface area contributed by atoms with Crippen LogP contribution in [0.25, 0.3) is 0 Å². The number of Topliss-reactive ketones (excluding diaryl/α,β-unsaturated/α-hetero) is 1. The first-order chi connectivity index (χ1) is 7.15. The Kier molecular flexibility index (Phi) is 1.99. The van der Waals surface area contributed by atoms with Gasteiger partial charge in [0.15, 0.2) is 5.79 Å². The highest BCUT2D eigenvalue weighted by Crippen LogP contribution is 2.54. The fraction of sp³-hybridized carbons (Fsp3) is 0.917. The lowest BCUT2D eigenvalue weighted by Crippen LogP contribution is -2.44. The first-order valence-electron chi connectivity index (χ1n) is 5.96. The molecule has 3 aliphatic rings. The van der Waals surface area contributed by atoms with E-state index in [2.05, 4.69) is 6.92 Å². The van der Waals surface area contributed by atoms with Gasteiger partial charge in [-0.1, -0.05) is 6.92 Å². The molecule has 0 aromatic carbocycles. The zero-order valence-corrected chi connectivity index (χ0v) is 9.25. The Morgan fingerprint density at radius 1 is 1.27 bits per heavy atom. The zero-order chi connectivity index (χ0) is 10.5. The normalized spacial score (nSPS) is 43.5. The summed E-state index contributed by atoms with van der Waals surface area (Å²) in [7, 11) is 0. The molecule has 3 rings (SSSR count). The largest absolute Gasteiger partial charge is 0.348 e. The molecule has 15 heavy (non-hydrogen) atoms. The van der Waals surface area contributed by atoms with Gasteiger partial charge in [-0.15, -0.1) is 0 Å². The number of ketones is 1. The highest BCUT2D eigenvalue weighted by Gasteiger charge is 2.55. The molecule has 2 atom stereocenters. The zero-order valence-electron chi connectivity index (χ0n) is 9.25. The minimum Gasteiger partial charge on any atom is -0.348 e. The summed E-state index contributed by atoms with van der Waals surface area (Å²) >= 11 is 0. The van der Waals surface area contributed by atoms with Crippen molar-refractivity contribution in [1.29, 1.82) is 0 Å². The van der Waals surface area contributed by atoms with Crippen molar-refractivity contribution in [2.45, 2.75) is 44.8 Å². The maximum absolute atomic E-state index is 11.9. The number of hydrogen-bond acceptors (Lipinski definition) is 3. The van der Waals surface area contributed by atoms with Gasteiger partial charge in [-0.25, -0.2) is 0 Å². The molecular weight excluding hydrogens is 192 g/mol. The van der Waals surface area contributed by atoms with Gasteiger partial charge < -0.3 is 9.47 Å². The van der Waals surface area contributed by atoms with Crippen molar-refractivity contribution in [3.8, 4) is 0 Å². The monoisotopic (exact) mass is 210 g/mol. The van der Waals surface area contributed by atoms with E-state index in [1.807, 2.05) is 0 Å². The smallest absolute Gasteiger partial charge is 0.168 e. The van der Waals surface area contributed by atoms with Crippen LogP contribution in [0, 0.1) is 11.3 Å². The summed E-state index contributed by atoms with van der Waals surface area (Å²) < 4.78 is 11.5. The molecule has 1 saturated heterocycles. The minimum atomic E-state index is -0.325. The van der Waals surface area contributed by atoms with Crippen LogP contribution < -0.4 is 0 Å². The lowest BCUT2D eigenvalue weighted by Gasteiger charge is -2.43. The number of carbonyl (C=O) groups is 1. The number of hydrogen-bond donors (Lipinski definition) is 0. The van der Waals surface area contributed by atoms with Crippen LogP contribution in [-0.4, -0.2) is 24.8 Å². The van der Waals surface area contributed by atoms with E-state index in [1.54, 1.807) is 0 Å². The van der Waals surface area contributed by atoms with Crippen molar-refractivity contribution in [2.24, 2.45) is 11.3 Å². The molecule has 0 bridgehead atoms. The SMILES string of the molecule is C[C@]12CCC3(C[C@@H]1CCC2=O)OCCO3. The maximum Gasteiger partial charge on any atom is 0.168 e. The lowest BCUT2D eigenvalue weighted by atomic mass is 9.67. The van der Waals surface area contributed by atoms with Crippen molar-refractivity contribution in [3.63, 3.8) is 0 Å². The van der Waals surface area contributed by atoms with Crippen LogP contribution in [0.4, 0.5) is 0 Å². The number of rotatable bonds is 0. The molecule has 1 aliphatic heterocycles. The van der Waals surface area contributed by atoms with Crippen molar-refractivity contribution < 1.29 is 14.3 Å². The molecular formula is C12H18O3. The predicted octanol–water partition coefficient (Wildman–Crippen LogP) is 1.90. The van der Waals surface area contributed by atoms with Crippen molar-refractivity contribution in [3.05, 3.63) is 0 Å². The third kappa shape index (κ3) is 1.29. The van der Waals surface area contributed by atoms with Gasteiger partial charge in [-0.3, -0.25) is 4.79 Å². The second-order valence-electron chi connectivity index (χ2n) is 5.39. The Labute approximate surface area is 90.1 Å². The standard InChI is InChI=1S/C12H18O3/c1-11-4-5-12(14-6-7-15-12)8-9(11)2-3-10(11)13/h9H,2-8H2,1H3/t9-,11-/m0/s1. The summed E-state index contributed by atoms with van der Waals surface area (Å²) in [5.41, 5.74) is -0.0689. The summed E-state index contributed by atoms with van der Waals surface area (Å²) in [6.45, 7) is 3.57. The molecule has 2 saturated carbocycles. The van der Waals surface area contributed by atoms with Crippen LogP contribution in [0.2, 0.25) is 0 Å². The van der Waals surface area contributed by atoms with E-state index in [0.29, 0.717) is 11.7 Å². The van der Waals surface area contributed by atoms with Crippen LogP contribution in [0.3, 0.4) is 0 Å². The van der Waals surface area contributed by atoms with Crippen LogP contribution in [-0.2, 0) is 14.3 Å². The predicted molar refractivity (Wildman–Crippen MR) is 54.3 cm³/mol. The molecule has 3 heteroatoms. The van der Waals surface area contributed by atoms with E-state index < -0.39 is 0 Å². The summed E-state index contributed by atoms with van der Waals surface area (Å²) in [6.07, 6.45) is 4.55. The molecule has 0 aromatic rings. The topological polar surface area (TPSA) is 35.5 Å². The first-order valence-corrected chi connectivity index (χ1v) is 5.96. The van der Waals surface area contributed by atoms with Gasteiger partial charge >= 0.3 is 0 Å². The van der Waals surface area contributed by atoms with Gasteiger partial charge in [-0.05, 0) is 18.8 Å². The molecule has 2 aliphatic carbocycles. The Balaban J connectivity index is 1.82. The first kappa shape index (κ1) is 9.79. The average Bonchev–Trinajstić information content (AvgIpc) is 2.78. The van der Waals surface area contributed by atoms with E-state index >= 15 is 0 Å². The van der Waals surface area contributed by atoms with Crippen LogP contribution in [0.1, 0.15) is 39.0 Å². The summed E-state index contributed by atoms with van der Waals surface area (Å²) in [4.78, 5) is 11.9. The fourth-order valence-electron chi connectivity index (χ4n) is 3.49. The highest BCUT2D eigenvalue weighted by atomic mass is 16.7. The Morgan fingerprint density at radius 2 is 2.00 bits per heavy atom. The van der Waals surface area contributed by atoms with E-state index in [4.69, 9.17) is 9.47 Å². The Bertz CT molecular complexity index is 293. The van der Waals surface area contributed by atoms with Crippen molar-refractivity contribution in [2.75, 3.05) is 13.2 Å². The van der Waals surface area contributed by atoms with Crippen molar-refractivity contribution >= 4 is 5.78 Å².